The van der Waals surface area contributed by atoms with Crippen LogP contribution in [0.4, 0.5) is 0 Å². The monoisotopic (exact) mass is 536 g/mol. The molecule has 1 amide bonds. The van der Waals surface area contributed by atoms with Crippen molar-refractivity contribution in [3.05, 3.63) is 51.6 Å². The lowest BCUT2D eigenvalue weighted by atomic mass is 9.73. The summed E-state index contributed by atoms with van der Waals surface area (Å²) in [6.45, 7) is 1.42. The normalized spacial score (nSPS) is 19.7. The number of benzene rings is 1. The fraction of sp³-hybridized carbons (Fsp3) is 0.586. The second kappa shape index (κ2) is 11.3. The van der Waals surface area contributed by atoms with Crippen molar-refractivity contribution in [3.8, 4) is 5.88 Å². The molecule has 2 aromatic rings. The Bertz CT molecular complexity index is 1290. The number of amides is 1. The summed E-state index contributed by atoms with van der Waals surface area (Å²) >= 11 is 0. The summed E-state index contributed by atoms with van der Waals surface area (Å²) in [5.41, 5.74) is 12.4. The molecule has 1 aliphatic heterocycles. The number of aliphatic imine (C=N–C) groups is 1. The van der Waals surface area contributed by atoms with Gasteiger partial charge in [0, 0.05) is 37.0 Å². The molecular weight excluding hydrogens is 496 g/mol. The Morgan fingerprint density at radius 3 is 2.56 bits per heavy atom. The predicted molar refractivity (Wildman–Crippen MR) is 149 cm³/mol. The van der Waals surface area contributed by atoms with Crippen molar-refractivity contribution in [2.45, 2.75) is 82.1 Å². The van der Waals surface area contributed by atoms with Crippen LogP contribution in [-0.2, 0) is 16.6 Å². The van der Waals surface area contributed by atoms with Crippen molar-refractivity contribution in [2.24, 2.45) is 22.4 Å². The third-order valence-corrected chi connectivity index (χ3v) is 9.06. The van der Waals surface area contributed by atoms with E-state index in [0.717, 1.165) is 36.8 Å². The van der Waals surface area contributed by atoms with Crippen molar-refractivity contribution in [2.75, 3.05) is 19.6 Å². The molecular formula is C29H40N6O4. The van der Waals surface area contributed by atoms with E-state index in [2.05, 4.69) is 16.0 Å². The number of nitrogens with zero attached hydrogens (tertiary/aromatic N) is 3. The van der Waals surface area contributed by atoms with Crippen LogP contribution < -0.4 is 17.2 Å². The first-order valence-corrected chi connectivity index (χ1v) is 14.3. The number of imidazole rings is 1. The molecule has 2 heterocycles. The van der Waals surface area contributed by atoms with Gasteiger partial charge in [0.1, 0.15) is 6.04 Å². The molecule has 10 heteroatoms. The van der Waals surface area contributed by atoms with Gasteiger partial charge >= 0.3 is 5.69 Å². The van der Waals surface area contributed by atoms with Gasteiger partial charge in [-0.05, 0) is 43.6 Å². The van der Waals surface area contributed by atoms with E-state index in [0.29, 0.717) is 69.8 Å². The number of aromatic nitrogens is 2. The van der Waals surface area contributed by atoms with Gasteiger partial charge < -0.3 is 26.5 Å². The van der Waals surface area contributed by atoms with Crippen LogP contribution in [0.5, 0.6) is 5.88 Å². The Morgan fingerprint density at radius 1 is 1.13 bits per heavy atom. The summed E-state index contributed by atoms with van der Waals surface area (Å²) in [6.07, 6.45) is 8.85. The minimum atomic E-state index is -0.769. The molecule has 1 aromatic heterocycles. The standard InChI is InChI=1S/C29H40N6O4/c30-27(31)32-14-6-11-22-25(37)35(28(39)33-22)23(17-19-7-2-1-3-8-19)26(38)34-15-12-29(13-16-34)18-24(36)20-9-4-5-10-21(20)29/h4-5,9-10,19,23,37H,1-3,6-8,11-18H2,(H,33,39)(H4,30,31,32)/t23-/m1/s1. The molecule has 2 fully saturated rings. The van der Waals surface area contributed by atoms with E-state index in [9.17, 15) is 19.5 Å². The number of H-pyrrole nitrogens is 1. The number of nitrogens with one attached hydrogen (secondary N) is 1. The molecule has 39 heavy (non-hydrogen) atoms. The highest BCUT2D eigenvalue weighted by Crippen LogP contribution is 2.46. The molecule has 0 radical (unpaired) electrons. The number of aryl methyl sites for hydroxylation is 1. The summed E-state index contributed by atoms with van der Waals surface area (Å²) in [4.78, 5) is 48.5. The van der Waals surface area contributed by atoms with Crippen LogP contribution in [0.25, 0.3) is 0 Å². The molecule has 2 aliphatic carbocycles. The fourth-order valence-electron chi connectivity index (χ4n) is 6.97. The minimum absolute atomic E-state index is 0.00259. The summed E-state index contributed by atoms with van der Waals surface area (Å²) in [5.74, 6) is 0.197. The number of fused-ring (bicyclic) bond motifs is 2. The lowest BCUT2D eigenvalue weighted by molar-refractivity contribution is -0.137. The third-order valence-electron chi connectivity index (χ3n) is 9.06. The number of ketones is 1. The van der Waals surface area contributed by atoms with Gasteiger partial charge in [0.25, 0.3) is 0 Å². The van der Waals surface area contributed by atoms with Gasteiger partial charge in [-0.1, -0.05) is 56.4 Å². The second-order valence-corrected chi connectivity index (χ2v) is 11.5. The van der Waals surface area contributed by atoms with E-state index in [-0.39, 0.29) is 28.9 Å². The number of likely N-dealkylation sites (tertiary alicyclic amines) is 1. The number of rotatable bonds is 8. The van der Waals surface area contributed by atoms with E-state index in [1.165, 1.54) is 11.0 Å². The van der Waals surface area contributed by atoms with Crippen LogP contribution in [0.15, 0.2) is 34.1 Å². The highest BCUT2D eigenvalue weighted by Gasteiger charge is 2.46. The lowest BCUT2D eigenvalue weighted by Gasteiger charge is -2.41. The number of piperidine rings is 1. The molecule has 0 unspecified atom stereocenters. The maximum atomic E-state index is 14.1. The number of carbonyl (C=O) groups is 2. The molecule has 1 saturated carbocycles. The first kappa shape index (κ1) is 27.0. The van der Waals surface area contributed by atoms with E-state index < -0.39 is 11.7 Å². The van der Waals surface area contributed by atoms with Crippen LogP contribution in [0.3, 0.4) is 0 Å². The van der Waals surface area contributed by atoms with Gasteiger partial charge in [-0.15, -0.1) is 0 Å². The number of guanidine groups is 1. The number of carbonyl (C=O) groups excluding carboxylic acids is 2. The molecule has 3 aliphatic rings. The van der Waals surface area contributed by atoms with Gasteiger partial charge in [0.2, 0.25) is 11.8 Å². The van der Waals surface area contributed by atoms with Gasteiger partial charge in [0.05, 0.1) is 5.69 Å². The van der Waals surface area contributed by atoms with Crippen molar-refractivity contribution in [1.82, 2.24) is 14.5 Å². The summed E-state index contributed by atoms with van der Waals surface area (Å²) in [5, 5.41) is 11.1. The molecule has 0 bridgehead atoms. The number of hydrogen-bond donors (Lipinski definition) is 4. The topological polar surface area (TPSA) is 160 Å². The largest absolute Gasteiger partial charge is 0.493 e. The molecule has 10 nitrogen and oxygen atoms in total. The molecule has 1 spiro atoms. The van der Waals surface area contributed by atoms with Crippen LogP contribution >= 0.6 is 0 Å². The Balaban J connectivity index is 1.36. The summed E-state index contributed by atoms with van der Waals surface area (Å²) in [7, 11) is 0. The molecule has 210 valence electrons. The zero-order valence-electron chi connectivity index (χ0n) is 22.5. The minimum Gasteiger partial charge on any atom is -0.493 e. The maximum Gasteiger partial charge on any atom is 0.329 e. The zero-order chi connectivity index (χ0) is 27.6. The summed E-state index contributed by atoms with van der Waals surface area (Å²) < 4.78 is 1.27. The maximum absolute atomic E-state index is 14.1. The Hall–Kier alpha value is -3.56. The first-order valence-electron chi connectivity index (χ1n) is 14.3. The van der Waals surface area contributed by atoms with Gasteiger partial charge in [-0.3, -0.25) is 19.1 Å². The highest BCUT2D eigenvalue weighted by atomic mass is 16.3. The van der Waals surface area contributed by atoms with E-state index >= 15 is 0 Å². The van der Waals surface area contributed by atoms with E-state index in [4.69, 9.17) is 11.5 Å². The smallest absolute Gasteiger partial charge is 0.329 e. The third kappa shape index (κ3) is 5.46. The number of aromatic hydroxyl groups is 1. The predicted octanol–water partition coefficient (Wildman–Crippen LogP) is 2.75. The molecule has 1 aromatic carbocycles. The molecule has 1 saturated heterocycles. The highest BCUT2D eigenvalue weighted by molar-refractivity contribution is 6.02. The van der Waals surface area contributed by atoms with E-state index in [1.54, 1.807) is 0 Å². The van der Waals surface area contributed by atoms with E-state index in [1.807, 2.05) is 23.1 Å². The quantitative estimate of drug-likeness (QED) is 0.231. The van der Waals surface area contributed by atoms with Crippen LogP contribution in [-0.4, -0.2) is 56.8 Å². The average molecular weight is 537 g/mol. The number of aromatic amines is 1. The van der Waals surface area contributed by atoms with Crippen LogP contribution in [0, 0.1) is 5.92 Å². The van der Waals surface area contributed by atoms with Crippen molar-refractivity contribution >= 4 is 17.6 Å². The number of Topliss-reactive ketones (excluding diaryl/α,β-unsaturated/α-hetero) is 1. The Kier molecular flexibility index (Phi) is 7.81. The average Bonchev–Trinajstić information content (AvgIpc) is 3.37. The van der Waals surface area contributed by atoms with Crippen molar-refractivity contribution < 1.29 is 14.7 Å². The lowest BCUT2D eigenvalue weighted by Crippen LogP contribution is -2.48. The first-order chi connectivity index (χ1) is 18.8. The van der Waals surface area contributed by atoms with Crippen LogP contribution in [0.1, 0.15) is 91.9 Å². The second-order valence-electron chi connectivity index (χ2n) is 11.5. The van der Waals surface area contributed by atoms with Gasteiger partial charge in [-0.2, -0.15) is 0 Å². The number of hydrogen-bond acceptors (Lipinski definition) is 5. The fourth-order valence-corrected chi connectivity index (χ4v) is 6.97. The Labute approximate surface area is 228 Å². The summed E-state index contributed by atoms with van der Waals surface area (Å²) in [6, 6.07) is 7.07. The molecule has 1 atom stereocenters. The van der Waals surface area contributed by atoms with Crippen LogP contribution in [0.2, 0.25) is 0 Å². The van der Waals surface area contributed by atoms with Gasteiger partial charge in [-0.25, -0.2) is 4.79 Å². The SMILES string of the molecule is NC(N)=NCCCc1[nH]c(=O)n([C@H](CC2CCCCC2)C(=O)N2CCC3(CC2)CC(=O)c2ccccc23)c1O. The van der Waals surface area contributed by atoms with Crippen molar-refractivity contribution in [1.29, 1.82) is 0 Å². The molecule has 5 rings (SSSR count). The Morgan fingerprint density at radius 2 is 1.85 bits per heavy atom. The van der Waals surface area contributed by atoms with Gasteiger partial charge in [0.15, 0.2) is 11.7 Å². The molecule has 6 N–H and O–H groups in total. The number of nitrogens with two attached hydrogens (primary N) is 2. The zero-order valence-corrected chi connectivity index (χ0v) is 22.5. The van der Waals surface area contributed by atoms with Crippen molar-refractivity contribution in [3.63, 3.8) is 0 Å².